The topological polar surface area (TPSA) is 40.5 Å². The van der Waals surface area contributed by atoms with Crippen LogP contribution in [0.1, 0.15) is 15.9 Å². The lowest BCUT2D eigenvalue weighted by molar-refractivity contribution is 0.0785. The van der Waals surface area contributed by atoms with Crippen LogP contribution >= 0.6 is 27.3 Å². The minimum absolute atomic E-state index is 0.0554. The van der Waals surface area contributed by atoms with Crippen molar-refractivity contribution in [2.24, 2.45) is 0 Å². The molecule has 0 saturated heterocycles. The Hall–Kier alpha value is -1.33. The van der Waals surface area contributed by atoms with Crippen molar-refractivity contribution in [1.29, 1.82) is 0 Å². The van der Waals surface area contributed by atoms with Crippen molar-refractivity contribution in [1.82, 2.24) is 4.90 Å². The number of thiophene rings is 1. The summed E-state index contributed by atoms with van der Waals surface area (Å²) in [5, 5.41) is 11.5. The Balaban J connectivity index is 2.11. The van der Waals surface area contributed by atoms with Gasteiger partial charge in [0, 0.05) is 24.5 Å². The summed E-state index contributed by atoms with van der Waals surface area (Å²) in [6.45, 7) is 0.388. The molecule has 2 aromatic rings. The minimum Gasteiger partial charge on any atom is -0.508 e. The van der Waals surface area contributed by atoms with Crippen molar-refractivity contribution in [3.63, 3.8) is 0 Å². The normalized spacial score (nSPS) is 10.3. The van der Waals surface area contributed by atoms with Gasteiger partial charge in [-0.05, 0) is 28.1 Å². The van der Waals surface area contributed by atoms with Gasteiger partial charge in [-0.1, -0.05) is 18.2 Å². The number of para-hydroxylation sites is 1. The van der Waals surface area contributed by atoms with Gasteiger partial charge < -0.3 is 10.0 Å². The highest BCUT2D eigenvalue weighted by molar-refractivity contribution is 9.11. The fraction of sp³-hybridized carbons (Fsp3) is 0.154. The third-order valence-electron chi connectivity index (χ3n) is 2.56. The van der Waals surface area contributed by atoms with Crippen molar-refractivity contribution in [3.8, 4) is 5.75 Å². The Bertz CT molecular complexity index is 568. The first-order chi connectivity index (χ1) is 8.58. The molecule has 1 amide bonds. The van der Waals surface area contributed by atoms with E-state index in [2.05, 4.69) is 15.9 Å². The second-order valence-corrected chi connectivity index (χ2v) is 6.22. The number of phenols is 1. The van der Waals surface area contributed by atoms with Gasteiger partial charge in [-0.3, -0.25) is 4.79 Å². The summed E-state index contributed by atoms with van der Waals surface area (Å²) in [5.74, 6) is 0.156. The first-order valence-corrected chi connectivity index (χ1v) is 7.01. The highest BCUT2D eigenvalue weighted by atomic mass is 79.9. The predicted octanol–water partition coefficient (Wildman–Crippen LogP) is 3.49. The van der Waals surface area contributed by atoms with Crippen LogP contribution in [-0.2, 0) is 6.54 Å². The van der Waals surface area contributed by atoms with Crippen molar-refractivity contribution >= 4 is 33.2 Å². The van der Waals surface area contributed by atoms with Crippen molar-refractivity contribution in [2.75, 3.05) is 7.05 Å². The standard InChI is InChI=1S/C13H12BrNO2S/c1-15(7-9-4-2-3-5-11(9)16)13(17)10-6-12(14)18-8-10/h2-6,8,16H,7H2,1H3. The van der Waals surface area contributed by atoms with E-state index in [0.717, 1.165) is 9.35 Å². The molecule has 0 saturated carbocycles. The van der Waals surface area contributed by atoms with Gasteiger partial charge in [0.05, 0.1) is 9.35 Å². The Morgan fingerprint density at radius 3 is 2.78 bits per heavy atom. The zero-order valence-corrected chi connectivity index (χ0v) is 12.2. The van der Waals surface area contributed by atoms with E-state index in [0.29, 0.717) is 12.1 Å². The molecule has 0 fully saturated rings. The van der Waals surface area contributed by atoms with Crippen LogP contribution in [0.15, 0.2) is 39.5 Å². The molecule has 0 aliphatic rings. The van der Waals surface area contributed by atoms with Crippen LogP contribution in [0, 0.1) is 0 Å². The summed E-state index contributed by atoms with van der Waals surface area (Å²) in [7, 11) is 1.72. The predicted molar refractivity (Wildman–Crippen MR) is 75.9 cm³/mol. The first kappa shape index (κ1) is 13.1. The molecular formula is C13H12BrNO2S. The minimum atomic E-state index is -0.0554. The van der Waals surface area contributed by atoms with E-state index in [1.54, 1.807) is 30.1 Å². The van der Waals surface area contributed by atoms with Crippen molar-refractivity contribution in [3.05, 3.63) is 50.6 Å². The van der Waals surface area contributed by atoms with E-state index in [-0.39, 0.29) is 11.7 Å². The van der Waals surface area contributed by atoms with Crippen LogP contribution in [0.2, 0.25) is 0 Å². The van der Waals surface area contributed by atoms with Crippen LogP contribution in [0.5, 0.6) is 5.75 Å². The Morgan fingerprint density at radius 2 is 2.17 bits per heavy atom. The molecule has 1 aromatic heterocycles. The molecule has 94 valence electrons. The van der Waals surface area contributed by atoms with Crippen LogP contribution in [0.3, 0.4) is 0 Å². The molecule has 0 unspecified atom stereocenters. The maximum absolute atomic E-state index is 12.1. The van der Waals surface area contributed by atoms with E-state index in [4.69, 9.17) is 0 Å². The highest BCUT2D eigenvalue weighted by Gasteiger charge is 2.14. The van der Waals surface area contributed by atoms with Crippen LogP contribution in [-0.4, -0.2) is 23.0 Å². The molecule has 18 heavy (non-hydrogen) atoms. The average Bonchev–Trinajstić information content (AvgIpc) is 2.78. The Labute approximate surface area is 118 Å². The molecule has 5 heteroatoms. The fourth-order valence-corrected chi connectivity index (χ4v) is 2.74. The van der Waals surface area contributed by atoms with Gasteiger partial charge in [0.1, 0.15) is 5.75 Å². The highest BCUT2D eigenvalue weighted by Crippen LogP contribution is 2.23. The molecule has 0 aliphatic carbocycles. The summed E-state index contributed by atoms with van der Waals surface area (Å²) in [6.07, 6.45) is 0. The molecule has 1 aromatic carbocycles. The van der Waals surface area contributed by atoms with E-state index < -0.39 is 0 Å². The molecule has 3 nitrogen and oxygen atoms in total. The smallest absolute Gasteiger partial charge is 0.254 e. The summed E-state index contributed by atoms with van der Waals surface area (Å²) >= 11 is 4.82. The van der Waals surface area contributed by atoms with Gasteiger partial charge in [0.2, 0.25) is 0 Å². The maximum Gasteiger partial charge on any atom is 0.254 e. The number of rotatable bonds is 3. The molecular weight excluding hydrogens is 314 g/mol. The number of carbonyl (C=O) groups excluding carboxylic acids is 1. The van der Waals surface area contributed by atoms with Crippen molar-refractivity contribution in [2.45, 2.75) is 6.54 Å². The Morgan fingerprint density at radius 1 is 1.44 bits per heavy atom. The van der Waals surface area contributed by atoms with Crippen LogP contribution in [0.25, 0.3) is 0 Å². The van der Waals surface area contributed by atoms with Crippen LogP contribution in [0.4, 0.5) is 0 Å². The quantitative estimate of drug-likeness (QED) is 0.938. The number of amides is 1. The van der Waals surface area contributed by atoms with Gasteiger partial charge in [0.25, 0.3) is 5.91 Å². The molecule has 0 aliphatic heterocycles. The molecule has 1 heterocycles. The average molecular weight is 326 g/mol. The molecule has 1 N–H and O–H groups in total. The number of carbonyl (C=O) groups is 1. The van der Waals surface area contributed by atoms with Gasteiger partial charge >= 0.3 is 0 Å². The van der Waals surface area contributed by atoms with Gasteiger partial charge in [0.15, 0.2) is 0 Å². The van der Waals surface area contributed by atoms with Crippen molar-refractivity contribution < 1.29 is 9.90 Å². The van der Waals surface area contributed by atoms with E-state index in [1.807, 2.05) is 17.5 Å². The summed E-state index contributed by atoms with van der Waals surface area (Å²) in [4.78, 5) is 13.7. The number of benzene rings is 1. The van der Waals surface area contributed by atoms with E-state index in [9.17, 15) is 9.90 Å². The molecule has 0 spiro atoms. The third kappa shape index (κ3) is 2.91. The number of hydrogen-bond acceptors (Lipinski definition) is 3. The third-order valence-corrected chi connectivity index (χ3v) is 4.06. The number of phenolic OH excluding ortho intramolecular Hbond substituents is 1. The SMILES string of the molecule is CN(Cc1ccccc1O)C(=O)c1csc(Br)c1. The number of halogens is 1. The van der Waals surface area contributed by atoms with E-state index in [1.165, 1.54) is 11.3 Å². The molecule has 0 radical (unpaired) electrons. The summed E-state index contributed by atoms with van der Waals surface area (Å²) in [5.41, 5.74) is 1.40. The van der Waals surface area contributed by atoms with Gasteiger partial charge in [-0.25, -0.2) is 0 Å². The zero-order chi connectivity index (χ0) is 13.1. The summed E-state index contributed by atoms with van der Waals surface area (Å²) in [6, 6.07) is 8.83. The lowest BCUT2D eigenvalue weighted by atomic mass is 10.2. The largest absolute Gasteiger partial charge is 0.508 e. The zero-order valence-electron chi connectivity index (χ0n) is 9.76. The second kappa shape index (κ2) is 5.54. The fourth-order valence-electron chi connectivity index (χ4n) is 1.61. The van der Waals surface area contributed by atoms with Crippen LogP contribution < -0.4 is 0 Å². The maximum atomic E-state index is 12.1. The first-order valence-electron chi connectivity index (χ1n) is 5.34. The lowest BCUT2D eigenvalue weighted by Gasteiger charge is -2.17. The van der Waals surface area contributed by atoms with E-state index >= 15 is 0 Å². The molecule has 0 atom stereocenters. The van der Waals surface area contributed by atoms with Gasteiger partial charge in [-0.15, -0.1) is 11.3 Å². The second-order valence-electron chi connectivity index (χ2n) is 3.93. The molecule has 0 bridgehead atoms. The monoisotopic (exact) mass is 325 g/mol. The number of hydrogen-bond donors (Lipinski definition) is 1. The van der Waals surface area contributed by atoms with Gasteiger partial charge in [-0.2, -0.15) is 0 Å². The summed E-state index contributed by atoms with van der Waals surface area (Å²) < 4.78 is 0.932. The number of nitrogens with zero attached hydrogens (tertiary/aromatic N) is 1. The lowest BCUT2D eigenvalue weighted by Crippen LogP contribution is -2.25. The number of aromatic hydroxyl groups is 1. The Kier molecular flexibility index (Phi) is 4.04. The molecule has 2 rings (SSSR count).